The largest absolute Gasteiger partial charge is 0.496 e. The van der Waals surface area contributed by atoms with Gasteiger partial charge in [0, 0.05) is 10.7 Å². The summed E-state index contributed by atoms with van der Waals surface area (Å²) in [5.74, 6) is 2.02. The number of hydrogen-bond acceptors (Lipinski definition) is 3. The van der Waals surface area contributed by atoms with Gasteiger partial charge in [-0.25, -0.2) is 0 Å². The molecule has 0 aliphatic rings. The Morgan fingerprint density at radius 3 is 2.27 bits per heavy atom. The molecule has 114 valence electrons. The summed E-state index contributed by atoms with van der Waals surface area (Å²) in [5.41, 5.74) is 1.83. The minimum absolute atomic E-state index is 0.592. The van der Waals surface area contributed by atoms with Crippen LogP contribution in [0.25, 0.3) is 22.9 Å². The number of aryl methyl sites for hydroxylation is 1. The van der Waals surface area contributed by atoms with Gasteiger partial charge >= 0.3 is 5.89 Å². The van der Waals surface area contributed by atoms with Crippen molar-refractivity contribution in [1.29, 1.82) is 0 Å². The maximum absolute atomic E-state index is 5.90. The van der Waals surface area contributed by atoms with Gasteiger partial charge in [0.2, 0.25) is 0 Å². The smallest absolute Gasteiger partial charge is 0.411 e. The molecular formula is C18H21N2O2+. The molecule has 0 saturated carbocycles. The van der Waals surface area contributed by atoms with Gasteiger partial charge in [0.15, 0.2) is 7.05 Å². The third-order valence-electron chi connectivity index (χ3n) is 3.09. The van der Waals surface area contributed by atoms with E-state index in [0.717, 1.165) is 16.9 Å². The molecule has 1 aromatic heterocycles. The van der Waals surface area contributed by atoms with Crippen molar-refractivity contribution in [1.82, 2.24) is 5.10 Å². The molecule has 1 heterocycles. The Morgan fingerprint density at radius 1 is 0.955 bits per heavy atom. The highest BCUT2D eigenvalue weighted by atomic mass is 16.5. The average Bonchev–Trinajstić information content (AvgIpc) is 2.99. The normalized spacial score (nSPS) is 9.82. The van der Waals surface area contributed by atoms with Gasteiger partial charge in [-0.05, 0) is 28.9 Å². The lowest BCUT2D eigenvalue weighted by Crippen LogP contribution is -2.32. The van der Waals surface area contributed by atoms with Crippen LogP contribution in [0.4, 0.5) is 0 Å². The number of benzene rings is 2. The van der Waals surface area contributed by atoms with Crippen LogP contribution in [0.5, 0.6) is 5.75 Å². The van der Waals surface area contributed by atoms with E-state index in [9.17, 15) is 0 Å². The maximum Gasteiger partial charge on any atom is 0.411 e. The highest BCUT2D eigenvalue weighted by Gasteiger charge is 2.24. The third-order valence-corrected chi connectivity index (χ3v) is 3.09. The molecule has 3 rings (SSSR count). The zero-order valence-corrected chi connectivity index (χ0v) is 13.4. The first kappa shape index (κ1) is 15.8. The number of methoxy groups -OCH3 is 1. The molecule has 0 amide bonds. The van der Waals surface area contributed by atoms with Crippen molar-refractivity contribution >= 4 is 0 Å². The second kappa shape index (κ2) is 7.41. The summed E-state index contributed by atoms with van der Waals surface area (Å²) in [7, 11) is 3.50. The van der Waals surface area contributed by atoms with Gasteiger partial charge in [-0.1, -0.05) is 44.2 Å². The molecule has 3 aromatic rings. The van der Waals surface area contributed by atoms with Crippen LogP contribution in [0, 0.1) is 0 Å². The molecule has 2 aromatic carbocycles. The highest BCUT2D eigenvalue weighted by Crippen LogP contribution is 2.29. The van der Waals surface area contributed by atoms with Gasteiger partial charge in [0.1, 0.15) is 11.3 Å². The molecule has 4 heteroatoms. The minimum Gasteiger partial charge on any atom is -0.496 e. The molecule has 0 bridgehead atoms. The fraction of sp³-hybridized carbons (Fsp3) is 0.222. The van der Waals surface area contributed by atoms with Gasteiger partial charge in [-0.2, -0.15) is 0 Å². The van der Waals surface area contributed by atoms with Gasteiger partial charge in [0.25, 0.3) is 5.89 Å². The zero-order valence-electron chi connectivity index (χ0n) is 13.4. The van der Waals surface area contributed by atoms with Crippen LogP contribution in [0.1, 0.15) is 13.8 Å². The van der Waals surface area contributed by atoms with Crippen LogP contribution in [0.15, 0.2) is 59.0 Å². The highest BCUT2D eigenvalue weighted by molar-refractivity contribution is 5.62. The maximum atomic E-state index is 5.90. The Kier molecular flexibility index (Phi) is 5.31. The van der Waals surface area contributed by atoms with Crippen molar-refractivity contribution in [3.05, 3.63) is 54.6 Å². The molecule has 0 N–H and O–H groups in total. The summed E-state index contributed by atoms with van der Waals surface area (Å²) in [5, 5.41) is 4.43. The molecule has 4 nitrogen and oxygen atoms in total. The van der Waals surface area contributed by atoms with Crippen molar-refractivity contribution in [2.24, 2.45) is 7.05 Å². The quantitative estimate of drug-likeness (QED) is 0.689. The third kappa shape index (κ3) is 3.17. The van der Waals surface area contributed by atoms with Crippen molar-refractivity contribution < 1.29 is 13.8 Å². The monoisotopic (exact) mass is 297 g/mol. The summed E-state index contributed by atoms with van der Waals surface area (Å²) < 4.78 is 13.0. The summed E-state index contributed by atoms with van der Waals surface area (Å²) >= 11 is 0. The Morgan fingerprint density at radius 2 is 1.59 bits per heavy atom. The van der Waals surface area contributed by atoms with Crippen LogP contribution in [0.3, 0.4) is 0 Å². The number of hydrogen-bond donors (Lipinski definition) is 0. The fourth-order valence-electron chi connectivity index (χ4n) is 2.11. The van der Waals surface area contributed by atoms with Crippen LogP contribution >= 0.6 is 0 Å². The predicted molar refractivity (Wildman–Crippen MR) is 86.5 cm³/mol. The van der Waals surface area contributed by atoms with Crippen LogP contribution in [-0.2, 0) is 7.05 Å². The second-order valence-corrected chi connectivity index (χ2v) is 4.40. The van der Waals surface area contributed by atoms with E-state index >= 15 is 0 Å². The van der Waals surface area contributed by atoms with E-state index < -0.39 is 0 Å². The first-order valence-electron chi connectivity index (χ1n) is 7.35. The number of rotatable bonds is 3. The molecule has 0 radical (unpaired) electrons. The van der Waals surface area contributed by atoms with Crippen molar-refractivity contribution in [3.63, 3.8) is 0 Å². The molecule has 0 aliphatic heterocycles. The molecule has 0 saturated heterocycles. The van der Waals surface area contributed by atoms with E-state index in [2.05, 4.69) is 5.10 Å². The number of para-hydroxylation sites is 1. The fourth-order valence-corrected chi connectivity index (χ4v) is 2.11. The van der Waals surface area contributed by atoms with Crippen molar-refractivity contribution in [2.45, 2.75) is 13.8 Å². The van der Waals surface area contributed by atoms with Crippen molar-refractivity contribution in [3.8, 4) is 28.7 Å². The summed E-state index contributed by atoms with van der Waals surface area (Å²) in [6.07, 6.45) is 0. The predicted octanol–water partition coefficient (Wildman–Crippen LogP) is 3.87. The standard InChI is InChI=1S/C16H15N2O2.C2H6/c1-18-16(13-10-6-7-11-14(13)19-2)20-15(17-18)12-8-4-3-5-9-12;1-2/h3-11H,1-2H3;1-2H3/q+1;. The molecule has 0 atom stereocenters. The first-order chi connectivity index (χ1) is 10.8. The average molecular weight is 297 g/mol. The number of aromatic nitrogens is 2. The van der Waals surface area contributed by atoms with Crippen LogP contribution in [-0.4, -0.2) is 12.2 Å². The topological polar surface area (TPSA) is 39.1 Å². The Bertz CT molecular complexity index is 721. The summed E-state index contributed by atoms with van der Waals surface area (Å²) in [6.45, 7) is 4.00. The van der Waals surface area contributed by atoms with Gasteiger partial charge in [0.05, 0.1) is 7.11 Å². The van der Waals surface area contributed by atoms with Gasteiger partial charge < -0.3 is 9.15 Å². The van der Waals surface area contributed by atoms with Crippen LogP contribution in [0.2, 0.25) is 0 Å². The number of ether oxygens (including phenoxy) is 1. The Balaban J connectivity index is 0.000000847. The van der Waals surface area contributed by atoms with E-state index in [0.29, 0.717) is 11.8 Å². The van der Waals surface area contributed by atoms with Crippen molar-refractivity contribution in [2.75, 3.05) is 7.11 Å². The van der Waals surface area contributed by atoms with E-state index in [4.69, 9.17) is 9.15 Å². The first-order valence-corrected chi connectivity index (χ1v) is 7.35. The molecule has 0 unspecified atom stereocenters. The second-order valence-electron chi connectivity index (χ2n) is 4.40. The Labute approximate surface area is 131 Å². The van der Waals surface area contributed by atoms with E-state index in [1.807, 2.05) is 75.5 Å². The van der Waals surface area contributed by atoms with E-state index in [1.54, 1.807) is 11.8 Å². The Hall–Kier alpha value is -2.62. The van der Waals surface area contributed by atoms with E-state index in [-0.39, 0.29) is 0 Å². The lowest BCUT2D eigenvalue weighted by Gasteiger charge is -2.01. The molecule has 0 fully saturated rings. The van der Waals surface area contributed by atoms with Crippen LogP contribution < -0.4 is 9.42 Å². The molecule has 0 aliphatic carbocycles. The lowest BCUT2D eigenvalue weighted by molar-refractivity contribution is -0.719. The zero-order chi connectivity index (χ0) is 15.9. The van der Waals surface area contributed by atoms with Gasteiger partial charge in [-0.15, -0.1) is 0 Å². The number of nitrogens with zero attached hydrogens (tertiary/aromatic N) is 2. The van der Waals surface area contributed by atoms with Gasteiger partial charge in [-0.3, -0.25) is 0 Å². The van der Waals surface area contributed by atoms with E-state index in [1.165, 1.54) is 0 Å². The SMILES string of the molecule is CC.COc1ccccc1-c1oc(-c2ccccc2)n[n+]1C. The molecule has 22 heavy (non-hydrogen) atoms. The molecule has 0 spiro atoms. The molecular weight excluding hydrogens is 276 g/mol. The summed E-state index contributed by atoms with van der Waals surface area (Å²) in [4.78, 5) is 0. The minimum atomic E-state index is 0.592. The summed E-state index contributed by atoms with van der Waals surface area (Å²) in [6, 6.07) is 17.6. The lowest BCUT2D eigenvalue weighted by atomic mass is 10.2.